The van der Waals surface area contributed by atoms with Gasteiger partial charge >= 0.3 is 0 Å². The number of nitrogens with two attached hydrogens (primary N) is 1. The number of para-hydroxylation sites is 1. The van der Waals surface area contributed by atoms with Gasteiger partial charge in [0.25, 0.3) is 0 Å². The van der Waals surface area contributed by atoms with E-state index in [0.717, 1.165) is 5.69 Å². The van der Waals surface area contributed by atoms with Gasteiger partial charge in [-0.25, -0.2) is 4.39 Å². The topological polar surface area (TPSA) is 29.3 Å². The van der Waals surface area contributed by atoms with E-state index in [1.165, 1.54) is 11.0 Å². The first-order chi connectivity index (χ1) is 8.63. The lowest BCUT2D eigenvalue weighted by molar-refractivity contribution is 0.632. The van der Waals surface area contributed by atoms with Crippen LogP contribution in [0.1, 0.15) is 0 Å². The SMILES string of the molecule is CSc1ccc(N(C)c2cccc(F)c2N)cc1. The van der Waals surface area contributed by atoms with Gasteiger partial charge < -0.3 is 10.6 Å². The van der Waals surface area contributed by atoms with Gasteiger partial charge in [0.1, 0.15) is 5.82 Å². The molecule has 0 atom stereocenters. The van der Waals surface area contributed by atoms with Crippen LogP contribution in [0.2, 0.25) is 0 Å². The molecule has 94 valence electrons. The van der Waals surface area contributed by atoms with Crippen molar-refractivity contribution in [3.8, 4) is 0 Å². The maximum Gasteiger partial charge on any atom is 0.148 e. The maximum atomic E-state index is 13.4. The van der Waals surface area contributed by atoms with Gasteiger partial charge in [0.2, 0.25) is 0 Å². The number of benzene rings is 2. The van der Waals surface area contributed by atoms with Crippen LogP contribution in [0.25, 0.3) is 0 Å². The van der Waals surface area contributed by atoms with Crippen molar-refractivity contribution in [2.24, 2.45) is 0 Å². The van der Waals surface area contributed by atoms with Crippen molar-refractivity contribution in [1.82, 2.24) is 0 Å². The van der Waals surface area contributed by atoms with Crippen LogP contribution in [0.15, 0.2) is 47.4 Å². The molecule has 0 saturated carbocycles. The quantitative estimate of drug-likeness (QED) is 0.672. The van der Waals surface area contributed by atoms with Gasteiger partial charge in [-0.05, 0) is 42.7 Å². The number of hydrogen-bond acceptors (Lipinski definition) is 3. The van der Waals surface area contributed by atoms with Crippen LogP contribution in [0, 0.1) is 5.82 Å². The lowest BCUT2D eigenvalue weighted by atomic mass is 10.2. The van der Waals surface area contributed by atoms with Gasteiger partial charge in [0.15, 0.2) is 0 Å². The number of nitrogen functional groups attached to an aromatic ring is 1. The lowest BCUT2D eigenvalue weighted by Gasteiger charge is -2.21. The molecular weight excluding hydrogens is 247 g/mol. The summed E-state index contributed by atoms with van der Waals surface area (Å²) in [5, 5.41) is 0. The molecule has 0 aliphatic heterocycles. The van der Waals surface area contributed by atoms with Crippen LogP contribution in [0.4, 0.5) is 21.5 Å². The van der Waals surface area contributed by atoms with E-state index in [0.29, 0.717) is 5.69 Å². The Bertz CT molecular complexity index is 540. The van der Waals surface area contributed by atoms with E-state index in [1.807, 2.05) is 42.5 Å². The Hall–Kier alpha value is -1.68. The summed E-state index contributed by atoms with van der Waals surface area (Å²) in [6.07, 6.45) is 2.03. The van der Waals surface area contributed by atoms with E-state index >= 15 is 0 Å². The number of rotatable bonds is 3. The van der Waals surface area contributed by atoms with E-state index in [1.54, 1.807) is 23.9 Å². The van der Waals surface area contributed by atoms with Crippen molar-refractivity contribution < 1.29 is 4.39 Å². The standard InChI is InChI=1S/C14H15FN2S/c1-17(10-6-8-11(18-2)9-7-10)13-5-3-4-12(15)14(13)16/h3-9H,16H2,1-2H3. The fourth-order valence-corrected chi connectivity index (χ4v) is 2.17. The van der Waals surface area contributed by atoms with E-state index in [2.05, 4.69) is 0 Å². The minimum Gasteiger partial charge on any atom is -0.395 e. The molecule has 18 heavy (non-hydrogen) atoms. The summed E-state index contributed by atoms with van der Waals surface area (Å²) in [6, 6.07) is 12.9. The molecule has 2 aromatic rings. The molecule has 2 nitrogen and oxygen atoms in total. The van der Waals surface area contributed by atoms with Crippen LogP contribution in [-0.4, -0.2) is 13.3 Å². The number of nitrogens with zero attached hydrogens (tertiary/aromatic N) is 1. The molecule has 0 aliphatic rings. The number of anilines is 3. The molecule has 0 aromatic heterocycles. The van der Waals surface area contributed by atoms with Gasteiger partial charge in [-0.3, -0.25) is 0 Å². The Labute approximate surface area is 111 Å². The average molecular weight is 262 g/mol. The molecule has 0 heterocycles. The van der Waals surface area contributed by atoms with Crippen molar-refractivity contribution in [3.63, 3.8) is 0 Å². The molecule has 2 aromatic carbocycles. The summed E-state index contributed by atoms with van der Waals surface area (Å²) >= 11 is 1.69. The normalized spacial score (nSPS) is 10.4. The highest BCUT2D eigenvalue weighted by molar-refractivity contribution is 7.98. The lowest BCUT2D eigenvalue weighted by Crippen LogP contribution is -2.12. The zero-order chi connectivity index (χ0) is 13.1. The molecule has 0 amide bonds. The van der Waals surface area contributed by atoms with Crippen LogP contribution >= 0.6 is 11.8 Å². The predicted octanol–water partition coefficient (Wildman–Crippen LogP) is 3.90. The molecular formula is C14H15FN2S. The smallest absolute Gasteiger partial charge is 0.148 e. The average Bonchev–Trinajstić information content (AvgIpc) is 2.41. The molecule has 0 spiro atoms. The second-order valence-electron chi connectivity index (χ2n) is 3.93. The molecule has 0 saturated heterocycles. The van der Waals surface area contributed by atoms with Gasteiger partial charge in [-0.2, -0.15) is 0 Å². The van der Waals surface area contributed by atoms with Crippen molar-refractivity contribution in [1.29, 1.82) is 0 Å². The summed E-state index contributed by atoms with van der Waals surface area (Å²) in [7, 11) is 1.87. The third-order valence-corrected chi connectivity index (χ3v) is 3.59. The zero-order valence-corrected chi connectivity index (χ0v) is 11.2. The first kappa shape index (κ1) is 12.8. The molecule has 0 bridgehead atoms. The summed E-state index contributed by atoms with van der Waals surface area (Å²) in [4.78, 5) is 3.07. The highest BCUT2D eigenvalue weighted by atomic mass is 32.2. The Morgan fingerprint density at radius 1 is 1.11 bits per heavy atom. The van der Waals surface area contributed by atoms with E-state index in [9.17, 15) is 4.39 Å². The Kier molecular flexibility index (Phi) is 3.77. The monoisotopic (exact) mass is 262 g/mol. The van der Waals surface area contributed by atoms with Crippen LogP contribution in [0.3, 0.4) is 0 Å². The number of hydrogen-bond donors (Lipinski definition) is 1. The Balaban J connectivity index is 2.35. The van der Waals surface area contributed by atoms with E-state index in [4.69, 9.17) is 5.73 Å². The zero-order valence-electron chi connectivity index (χ0n) is 10.4. The van der Waals surface area contributed by atoms with E-state index < -0.39 is 0 Å². The van der Waals surface area contributed by atoms with Gasteiger partial charge in [-0.1, -0.05) is 6.07 Å². The van der Waals surface area contributed by atoms with Crippen molar-refractivity contribution in [2.75, 3.05) is 23.9 Å². The maximum absolute atomic E-state index is 13.4. The summed E-state index contributed by atoms with van der Waals surface area (Å²) in [5.41, 5.74) is 7.58. The Morgan fingerprint density at radius 3 is 2.39 bits per heavy atom. The molecule has 4 heteroatoms. The van der Waals surface area contributed by atoms with Gasteiger partial charge in [-0.15, -0.1) is 11.8 Å². The highest BCUT2D eigenvalue weighted by Crippen LogP contribution is 2.31. The third-order valence-electron chi connectivity index (χ3n) is 2.85. The minimum atomic E-state index is -0.389. The second kappa shape index (κ2) is 5.31. The molecule has 0 aliphatic carbocycles. The number of halogens is 1. The first-order valence-electron chi connectivity index (χ1n) is 5.55. The molecule has 0 radical (unpaired) electrons. The third kappa shape index (κ3) is 2.43. The summed E-state index contributed by atoms with van der Waals surface area (Å²) < 4.78 is 13.4. The fraction of sp³-hybridized carbons (Fsp3) is 0.143. The van der Waals surface area contributed by atoms with Crippen molar-refractivity contribution in [3.05, 3.63) is 48.3 Å². The van der Waals surface area contributed by atoms with Crippen LogP contribution < -0.4 is 10.6 Å². The van der Waals surface area contributed by atoms with Gasteiger partial charge in [0, 0.05) is 17.6 Å². The number of thioether (sulfide) groups is 1. The molecule has 2 rings (SSSR count). The Morgan fingerprint density at radius 2 is 1.78 bits per heavy atom. The van der Waals surface area contributed by atoms with Crippen LogP contribution in [0.5, 0.6) is 0 Å². The minimum absolute atomic E-state index is 0.175. The van der Waals surface area contributed by atoms with Gasteiger partial charge in [0.05, 0.1) is 11.4 Å². The van der Waals surface area contributed by atoms with E-state index in [-0.39, 0.29) is 11.5 Å². The van der Waals surface area contributed by atoms with Crippen molar-refractivity contribution >= 4 is 28.8 Å². The molecule has 2 N–H and O–H groups in total. The predicted molar refractivity (Wildman–Crippen MR) is 77.1 cm³/mol. The summed E-state index contributed by atoms with van der Waals surface area (Å²) in [6.45, 7) is 0. The highest BCUT2D eigenvalue weighted by Gasteiger charge is 2.10. The summed E-state index contributed by atoms with van der Waals surface area (Å²) in [5.74, 6) is -0.389. The van der Waals surface area contributed by atoms with Crippen molar-refractivity contribution in [2.45, 2.75) is 4.90 Å². The van der Waals surface area contributed by atoms with Crippen LogP contribution in [-0.2, 0) is 0 Å². The first-order valence-corrected chi connectivity index (χ1v) is 6.77. The fourth-order valence-electron chi connectivity index (χ4n) is 1.76. The second-order valence-corrected chi connectivity index (χ2v) is 4.81. The molecule has 0 fully saturated rings. The largest absolute Gasteiger partial charge is 0.395 e. The molecule has 0 unspecified atom stereocenters.